The zero-order valence-electron chi connectivity index (χ0n) is 11.8. The second kappa shape index (κ2) is 6.75. The summed E-state index contributed by atoms with van der Waals surface area (Å²) in [4.78, 5) is 11.4. The van der Waals surface area contributed by atoms with Crippen LogP contribution in [0.5, 0.6) is 5.75 Å². The van der Waals surface area contributed by atoms with E-state index in [4.69, 9.17) is 4.74 Å². The Bertz CT molecular complexity index is 556. The van der Waals surface area contributed by atoms with Gasteiger partial charge in [0.1, 0.15) is 5.75 Å². The number of carbonyl (C=O) groups excluding carboxylic acids is 1. The highest BCUT2D eigenvalue weighted by Crippen LogP contribution is 2.23. The van der Waals surface area contributed by atoms with E-state index < -0.39 is 0 Å². The van der Waals surface area contributed by atoms with E-state index in [0.717, 1.165) is 29.9 Å². The van der Waals surface area contributed by atoms with Gasteiger partial charge in [0, 0.05) is 0 Å². The third kappa shape index (κ3) is 3.38. The predicted molar refractivity (Wildman–Crippen MR) is 79.0 cm³/mol. The molecule has 20 heavy (non-hydrogen) atoms. The third-order valence-corrected chi connectivity index (χ3v) is 2.97. The Morgan fingerprint density at radius 1 is 0.950 bits per heavy atom. The minimum atomic E-state index is -0.320. The molecular weight excluding hydrogens is 252 g/mol. The van der Waals surface area contributed by atoms with Gasteiger partial charge in [0.2, 0.25) is 0 Å². The maximum Gasteiger partial charge on any atom is 0.337 e. The molecule has 3 nitrogen and oxygen atoms in total. The lowest BCUT2D eigenvalue weighted by Crippen LogP contribution is -2.00. The standard InChI is InChI=1S/C17H18O3/c1-3-12-20-16-10-8-14(9-11-16)13-4-6-15(7-5-13)17(18)19-2/h4-11H,3,12H2,1-2H3. The van der Waals surface area contributed by atoms with E-state index in [0.29, 0.717) is 5.56 Å². The van der Waals surface area contributed by atoms with E-state index in [2.05, 4.69) is 11.7 Å². The average molecular weight is 270 g/mol. The molecule has 0 aliphatic carbocycles. The van der Waals surface area contributed by atoms with Crippen molar-refractivity contribution in [2.45, 2.75) is 13.3 Å². The van der Waals surface area contributed by atoms with Crippen molar-refractivity contribution < 1.29 is 14.3 Å². The number of rotatable bonds is 5. The highest BCUT2D eigenvalue weighted by Gasteiger charge is 2.05. The fourth-order valence-electron chi connectivity index (χ4n) is 1.88. The van der Waals surface area contributed by atoms with Crippen LogP contribution in [0.25, 0.3) is 11.1 Å². The number of esters is 1. The van der Waals surface area contributed by atoms with Crippen LogP contribution in [-0.2, 0) is 4.74 Å². The van der Waals surface area contributed by atoms with Crippen molar-refractivity contribution in [1.29, 1.82) is 0 Å². The van der Waals surface area contributed by atoms with Gasteiger partial charge in [-0.1, -0.05) is 31.2 Å². The molecule has 2 rings (SSSR count). The molecule has 0 amide bonds. The summed E-state index contributed by atoms with van der Waals surface area (Å²) >= 11 is 0. The van der Waals surface area contributed by atoms with Crippen molar-refractivity contribution in [3.8, 4) is 16.9 Å². The Hall–Kier alpha value is -2.29. The molecule has 0 spiro atoms. The smallest absolute Gasteiger partial charge is 0.337 e. The highest BCUT2D eigenvalue weighted by atomic mass is 16.5. The lowest BCUT2D eigenvalue weighted by molar-refractivity contribution is 0.0601. The minimum absolute atomic E-state index is 0.320. The van der Waals surface area contributed by atoms with Crippen LogP contribution in [0, 0.1) is 0 Å². The molecule has 3 heteroatoms. The fraction of sp³-hybridized carbons (Fsp3) is 0.235. The Balaban J connectivity index is 2.13. The molecule has 0 saturated heterocycles. The van der Waals surface area contributed by atoms with E-state index in [1.807, 2.05) is 36.4 Å². The average Bonchev–Trinajstić information content (AvgIpc) is 2.53. The zero-order chi connectivity index (χ0) is 14.4. The van der Waals surface area contributed by atoms with Crippen molar-refractivity contribution in [3.63, 3.8) is 0 Å². The van der Waals surface area contributed by atoms with Gasteiger partial charge in [0.25, 0.3) is 0 Å². The van der Waals surface area contributed by atoms with Crippen LogP contribution in [0.3, 0.4) is 0 Å². The van der Waals surface area contributed by atoms with Gasteiger partial charge < -0.3 is 9.47 Å². The van der Waals surface area contributed by atoms with Crippen molar-refractivity contribution in [3.05, 3.63) is 54.1 Å². The van der Waals surface area contributed by atoms with Crippen LogP contribution in [0.4, 0.5) is 0 Å². The van der Waals surface area contributed by atoms with Gasteiger partial charge in [-0.2, -0.15) is 0 Å². The Morgan fingerprint density at radius 2 is 1.50 bits per heavy atom. The molecule has 2 aromatic rings. The predicted octanol–water partition coefficient (Wildman–Crippen LogP) is 3.93. The molecule has 0 bridgehead atoms. The summed E-state index contributed by atoms with van der Waals surface area (Å²) in [7, 11) is 1.38. The number of benzene rings is 2. The molecule has 0 unspecified atom stereocenters. The van der Waals surface area contributed by atoms with Gasteiger partial charge in [0.15, 0.2) is 0 Å². The molecule has 0 aromatic heterocycles. The Kier molecular flexibility index (Phi) is 4.77. The summed E-state index contributed by atoms with van der Waals surface area (Å²) in [6.07, 6.45) is 0.997. The van der Waals surface area contributed by atoms with E-state index in [1.165, 1.54) is 7.11 Å². The van der Waals surface area contributed by atoms with E-state index >= 15 is 0 Å². The van der Waals surface area contributed by atoms with E-state index in [-0.39, 0.29) is 5.97 Å². The molecule has 0 radical (unpaired) electrons. The van der Waals surface area contributed by atoms with Gasteiger partial charge in [-0.25, -0.2) is 4.79 Å². The van der Waals surface area contributed by atoms with Crippen LogP contribution in [0.1, 0.15) is 23.7 Å². The normalized spacial score (nSPS) is 10.1. The summed E-state index contributed by atoms with van der Waals surface area (Å²) in [6.45, 7) is 2.81. The molecule has 104 valence electrons. The SMILES string of the molecule is CCCOc1ccc(-c2ccc(C(=O)OC)cc2)cc1. The molecule has 0 saturated carbocycles. The molecular formula is C17H18O3. The first-order chi connectivity index (χ1) is 9.74. The number of carbonyl (C=O) groups is 1. The number of hydrogen-bond donors (Lipinski definition) is 0. The van der Waals surface area contributed by atoms with E-state index in [9.17, 15) is 4.79 Å². The first-order valence-electron chi connectivity index (χ1n) is 6.66. The van der Waals surface area contributed by atoms with Crippen LogP contribution >= 0.6 is 0 Å². The highest BCUT2D eigenvalue weighted by molar-refractivity contribution is 5.89. The molecule has 0 fully saturated rings. The van der Waals surface area contributed by atoms with E-state index in [1.54, 1.807) is 12.1 Å². The van der Waals surface area contributed by atoms with Crippen LogP contribution in [-0.4, -0.2) is 19.7 Å². The maximum absolute atomic E-state index is 11.4. The first kappa shape index (κ1) is 14.1. The Labute approximate surface area is 119 Å². The summed E-state index contributed by atoms with van der Waals surface area (Å²) < 4.78 is 10.2. The molecule has 2 aromatic carbocycles. The van der Waals surface area contributed by atoms with Gasteiger partial charge >= 0.3 is 5.97 Å². The minimum Gasteiger partial charge on any atom is -0.494 e. The summed E-state index contributed by atoms with van der Waals surface area (Å²) in [6, 6.07) is 15.3. The van der Waals surface area contributed by atoms with Gasteiger partial charge in [-0.3, -0.25) is 0 Å². The van der Waals surface area contributed by atoms with Gasteiger partial charge in [-0.15, -0.1) is 0 Å². The molecule has 0 aliphatic rings. The van der Waals surface area contributed by atoms with Crippen molar-refractivity contribution in [2.75, 3.05) is 13.7 Å². The van der Waals surface area contributed by atoms with Crippen LogP contribution in [0.15, 0.2) is 48.5 Å². The maximum atomic E-state index is 11.4. The third-order valence-electron chi connectivity index (χ3n) is 2.97. The summed E-state index contributed by atoms with van der Waals surface area (Å²) in [5.74, 6) is 0.557. The quantitative estimate of drug-likeness (QED) is 0.772. The van der Waals surface area contributed by atoms with Crippen molar-refractivity contribution in [2.24, 2.45) is 0 Å². The zero-order valence-corrected chi connectivity index (χ0v) is 11.8. The monoisotopic (exact) mass is 270 g/mol. The lowest BCUT2D eigenvalue weighted by atomic mass is 10.0. The van der Waals surface area contributed by atoms with Crippen LogP contribution < -0.4 is 4.74 Å². The fourth-order valence-corrected chi connectivity index (χ4v) is 1.88. The van der Waals surface area contributed by atoms with Gasteiger partial charge in [0.05, 0.1) is 19.3 Å². The summed E-state index contributed by atoms with van der Waals surface area (Å²) in [5.41, 5.74) is 2.70. The number of hydrogen-bond acceptors (Lipinski definition) is 3. The first-order valence-corrected chi connectivity index (χ1v) is 6.66. The topological polar surface area (TPSA) is 35.5 Å². The van der Waals surface area contributed by atoms with Crippen molar-refractivity contribution >= 4 is 5.97 Å². The Morgan fingerprint density at radius 3 is 2.00 bits per heavy atom. The second-order valence-corrected chi connectivity index (χ2v) is 4.44. The van der Waals surface area contributed by atoms with Crippen LogP contribution in [0.2, 0.25) is 0 Å². The molecule has 0 N–H and O–H groups in total. The van der Waals surface area contributed by atoms with Gasteiger partial charge in [-0.05, 0) is 41.8 Å². The molecule has 0 aliphatic heterocycles. The number of methoxy groups -OCH3 is 1. The number of ether oxygens (including phenoxy) is 2. The van der Waals surface area contributed by atoms with Crippen molar-refractivity contribution in [1.82, 2.24) is 0 Å². The largest absolute Gasteiger partial charge is 0.494 e. The molecule has 0 heterocycles. The molecule has 0 atom stereocenters. The summed E-state index contributed by atoms with van der Waals surface area (Å²) in [5, 5.41) is 0. The second-order valence-electron chi connectivity index (χ2n) is 4.44. The lowest BCUT2D eigenvalue weighted by Gasteiger charge is -2.07.